The molecule has 2 radical (unpaired) electrons. The van der Waals surface area contributed by atoms with Gasteiger partial charge in [-0.1, -0.05) is 46.0 Å². The normalized spacial score (nSPS) is 9.75. The van der Waals surface area contributed by atoms with E-state index in [0.29, 0.717) is 0 Å². The quantitative estimate of drug-likeness (QED) is 0.334. The van der Waals surface area contributed by atoms with Crippen molar-refractivity contribution in [2.45, 2.75) is 94.4 Å². The Morgan fingerprint density at radius 2 is 0.875 bits per heavy atom. The molecule has 0 aliphatic rings. The van der Waals surface area contributed by atoms with E-state index in [1.54, 1.807) is 8.87 Å². The van der Waals surface area contributed by atoms with Gasteiger partial charge in [-0.15, -0.1) is 0 Å². The second-order valence-corrected chi connectivity index (χ2v) is 8.80. The molecule has 0 nitrogen and oxygen atoms in total. The molecular weight excluding hydrogens is 299 g/mol. The Balaban J connectivity index is 0. The van der Waals surface area contributed by atoms with Crippen molar-refractivity contribution >= 4 is 21.1 Å². The van der Waals surface area contributed by atoms with E-state index in [1.807, 2.05) is 0 Å². The molecule has 0 heterocycles. The van der Waals surface area contributed by atoms with Gasteiger partial charge in [-0.25, -0.2) is 0 Å². The molecular formula is C15H34Sn. The molecule has 16 heavy (non-hydrogen) atoms. The molecule has 0 atom stereocenters. The van der Waals surface area contributed by atoms with Gasteiger partial charge in [-0.05, 0) is 0 Å². The van der Waals surface area contributed by atoms with Gasteiger partial charge in [0.1, 0.15) is 0 Å². The fraction of sp³-hybridized carbons (Fsp3) is 1.00. The Morgan fingerprint density at radius 3 is 1.19 bits per heavy atom. The summed E-state index contributed by atoms with van der Waals surface area (Å²) in [5, 5.41) is 0. The van der Waals surface area contributed by atoms with Crippen LogP contribution in [0.15, 0.2) is 0 Å². The van der Waals surface area contributed by atoms with Crippen LogP contribution < -0.4 is 0 Å². The van der Waals surface area contributed by atoms with Crippen molar-refractivity contribution in [3.05, 3.63) is 0 Å². The molecule has 0 saturated carbocycles. The molecule has 0 aliphatic heterocycles. The molecule has 0 saturated heterocycles. The van der Waals surface area contributed by atoms with Gasteiger partial charge in [-0.3, -0.25) is 0 Å². The van der Waals surface area contributed by atoms with Gasteiger partial charge < -0.3 is 0 Å². The maximum atomic E-state index is 2.29. The summed E-state index contributed by atoms with van der Waals surface area (Å²) in [6.07, 6.45) is 12.8. The zero-order valence-electron chi connectivity index (χ0n) is 12.3. The van der Waals surface area contributed by atoms with Gasteiger partial charge >= 0.3 is 69.5 Å². The van der Waals surface area contributed by atoms with E-state index in [9.17, 15) is 0 Å². The molecule has 0 unspecified atom stereocenters. The van der Waals surface area contributed by atoms with E-state index in [1.165, 1.54) is 57.8 Å². The van der Waals surface area contributed by atoms with E-state index in [-0.39, 0.29) is 21.1 Å². The fourth-order valence-corrected chi connectivity index (χ4v) is 5.56. The first-order chi connectivity index (χ1) is 7.83. The standard InChI is InChI=1S/C7H16.2C4H9.Sn/c1-3-5-7-6-4-2;2*1-3-4-2;/h3-7H2,1-2H3;2*1,3-4H2,2H3;. The third kappa shape index (κ3) is 24.2. The monoisotopic (exact) mass is 334 g/mol. The van der Waals surface area contributed by atoms with Gasteiger partial charge in [0.15, 0.2) is 0 Å². The van der Waals surface area contributed by atoms with Crippen molar-refractivity contribution < 1.29 is 0 Å². The Labute approximate surface area is 115 Å². The zero-order chi connectivity index (χ0) is 12.5. The molecule has 0 rings (SSSR count). The van der Waals surface area contributed by atoms with E-state index in [0.717, 1.165) is 0 Å². The summed E-state index contributed by atoms with van der Waals surface area (Å²) in [6.45, 7) is 9.07. The molecule has 0 fully saturated rings. The Kier molecular flexibility index (Phi) is 25.3. The molecule has 0 spiro atoms. The van der Waals surface area contributed by atoms with E-state index in [4.69, 9.17) is 0 Å². The van der Waals surface area contributed by atoms with Crippen molar-refractivity contribution in [1.82, 2.24) is 0 Å². The second kappa shape index (κ2) is 21.1. The third-order valence-corrected chi connectivity index (χ3v) is 6.66. The van der Waals surface area contributed by atoms with Crippen LogP contribution in [0.2, 0.25) is 8.87 Å². The van der Waals surface area contributed by atoms with E-state index >= 15 is 0 Å². The summed E-state index contributed by atoms with van der Waals surface area (Å²) in [4.78, 5) is 0. The second-order valence-electron chi connectivity index (χ2n) is 4.52. The van der Waals surface area contributed by atoms with Crippen molar-refractivity contribution in [1.29, 1.82) is 0 Å². The average molecular weight is 333 g/mol. The molecule has 0 amide bonds. The summed E-state index contributed by atoms with van der Waals surface area (Å²) in [7, 11) is 0. The van der Waals surface area contributed by atoms with Crippen LogP contribution in [0.25, 0.3) is 0 Å². The topological polar surface area (TPSA) is 0 Å². The number of hydrogen-bond donors (Lipinski definition) is 0. The van der Waals surface area contributed by atoms with Crippen LogP contribution in [0, 0.1) is 0 Å². The molecule has 0 bridgehead atoms. The van der Waals surface area contributed by atoms with Crippen molar-refractivity contribution in [2.75, 3.05) is 0 Å². The maximum absolute atomic E-state index is 2.29. The van der Waals surface area contributed by atoms with Gasteiger partial charge in [0.05, 0.1) is 0 Å². The van der Waals surface area contributed by atoms with Gasteiger partial charge in [0.25, 0.3) is 0 Å². The van der Waals surface area contributed by atoms with E-state index in [2.05, 4.69) is 27.7 Å². The van der Waals surface area contributed by atoms with Crippen LogP contribution in [0.5, 0.6) is 0 Å². The van der Waals surface area contributed by atoms with Crippen molar-refractivity contribution in [3.63, 3.8) is 0 Å². The van der Waals surface area contributed by atoms with Gasteiger partial charge in [0, 0.05) is 0 Å². The summed E-state index contributed by atoms with van der Waals surface area (Å²) in [5.74, 6) is 0. The van der Waals surface area contributed by atoms with Crippen molar-refractivity contribution in [3.8, 4) is 0 Å². The predicted molar refractivity (Wildman–Crippen MR) is 79.6 cm³/mol. The average Bonchev–Trinajstić information content (AvgIpc) is 2.31. The van der Waals surface area contributed by atoms with Crippen LogP contribution >= 0.6 is 0 Å². The Hall–Kier alpha value is 0.799. The molecule has 0 aliphatic carbocycles. The molecule has 98 valence electrons. The summed E-state index contributed by atoms with van der Waals surface area (Å²) in [5.41, 5.74) is 0. The van der Waals surface area contributed by atoms with Crippen LogP contribution in [0.4, 0.5) is 0 Å². The van der Waals surface area contributed by atoms with Crippen LogP contribution in [-0.4, -0.2) is 21.1 Å². The Bertz CT molecular complexity index is 81.4. The Morgan fingerprint density at radius 1 is 0.500 bits per heavy atom. The molecule has 1 heteroatoms. The summed E-state index contributed by atoms with van der Waals surface area (Å²) >= 11 is 0.149. The van der Waals surface area contributed by atoms with E-state index < -0.39 is 0 Å². The third-order valence-electron chi connectivity index (χ3n) is 2.62. The fourth-order valence-electron chi connectivity index (χ4n) is 1.41. The van der Waals surface area contributed by atoms with Crippen molar-refractivity contribution in [2.24, 2.45) is 0 Å². The summed E-state index contributed by atoms with van der Waals surface area (Å²) in [6, 6.07) is 0. The molecule has 0 aromatic rings. The van der Waals surface area contributed by atoms with Gasteiger partial charge in [0.2, 0.25) is 0 Å². The predicted octanol–water partition coefficient (Wildman–Crippen LogP) is 6.10. The first kappa shape index (κ1) is 19.1. The van der Waals surface area contributed by atoms with Gasteiger partial charge in [-0.2, -0.15) is 0 Å². The first-order valence-corrected chi connectivity index (χ1v) is 11.6. The molecule has 0 aromatic heterocycles. The minimum absolute atomic E-state index is 0.149. The molecule has 0 N–H and O–H groups in total. The number of hydrogen-bond acceptors (Lipinski definition) is 0. The number of rotatable bonds is 10. The minimum atomic E-state index is 0.149. The molecule has 0 aromatic carbocycles. The SMILES string of the molecule is CCCCCCC.CCC[CH2][Sn][CH2]CCC. The number of unbranched alkanes of at least 4 members (excludes halogenated alkanes) is 6. The van der Waals surface area contributed by atoms with Crippen LogP contribution in [0.3, 0.4) is 0 Å². The first-order valence-electron chi connectivity index (χ1n) is 7.54. The van der Waals surface area contributed by atoms with Crippen LogP contribution in [0.1, 0.15) is 85.5 Å². The van der Waals surface area contributed by atoms with Crippen LogP contribution in [-0.2, 0) is 0 Å². The summed E-state index contributed by atoms with van der Waals surface area (Å²) < 4.78 is 3.25. The zero-order valence-corrected chi connectivity index (χ0v) is 15.1.